The molecule has 2 rings (SSSR count). The number of aromatic nitrogens is 3. The van der Waals surface area contributed by atoms with E-state index in [1.54, 1.807) is 12.1 Å². The first-order chi connectivity index (χ1) is 9.15. The Labute approximate surface area is 129 Å². The number of benzene rings is 1. The van der Waals surface area contributed by atoms with Gasteiger partial charge in [0.1, 0.15) is 6.33 Å². The molecular formula is C12H13BrClFN4O. The molecule has 0 saturated carbocycles. The van der Waals surface area contributed by atoms with Gasteiger partial charge < -0.3 is 5.73 Å². The summed E-state index contributed by atoms with van der Waals surface area (Å²) in [6, 6.07) is 7.25. The topological polar surface area (TPSA) is 65.8 Å². The average Bonchev–Trinajstić information content (AvgIpc) is 2.77. The Bertz CT molecular complexity index is 667. The van der Waals surface area contributed by atoms with Crippen molar-refractivity contribution >= 4 is 28.3 Å². The lowest BCUT2D eigenvalue weighted by Crippen LogP contribution is -2.25. The summed E-state index contributed by atoms with van der Waals surface area (Å²) in [4.78, 5) is 12.1. The van der Waals surface area contributed by atoms with Gasteiger partial charge in [0.15, 0.2) is 0 Å². The van der Waals surface area contributed by atoms with Gasteiger partial charge in [0.2, 0.25) is 0 Å². The normalized spacial score (nSPS) is 11.2. The van der Waals surface area contributed by atoms with Crippen molar-refractivity contribution in [1.29, 1.82) is 0 Å². The minimum Gasteiger partial charge on any atom is -0.327 e. The predicted octanol–water partition coefficient (Wildman–Crippen LogP) is 2.03. The van der Waals surface area contributed by atoms with Crippen molar-refractivity contribution in [2.75, 3.05) is 6.54 Å². The zero-order chi connectivity index (χ0) is 13.8. The SMILES string of the molecule is Cl.NC/C(=C\F)Cn1ncn(-c2cccc(Br)c2)c1=O. The average molecular weight is 364 g/mol. The van der Waals surface area contributed by atoms with Crippen molar-refractivity contribution in [1.82, 2.24) is 14.3 Å². The van der Waals surface area contributed by atoms with E-state index in [0.717, 1.165) is 4.47 Å². The van der Waals surface area contributed by atoms with E-state index < -0.39 is 0 Å². The van der Waals surface area contributed by atoms with Crippen molar-refractivity contribution in [3.63, 3.8) is 0 Å². The fourth-order valence-electron chi connectivity index (χ4n) is 1.58. The van der Waals surface area contributed by atoms with E-state index in [1.165, 1.54) is 15.6 Å². The van der Waals surface area contributed by atoms with E-state index in [4.69, 9.17) is 5.73 Å². The van der Waals surface area contributed by atoms with Gasteiger partial charge in [-0.15, -0.1) is 12.4 Å². The summed E-state index contributed by atoms with van der Waals surface area (Å²) < 4.78 is 15.9. The molecule has 0 aliphatic carbocycles. The Morgan fingerprint density at radius 1 is 1.50 bits per heavy atom. The molecule has 8 heteroatoms. The molecule has 20 heavy (non-hydrogen) atoms. The van der Waals surface area contributed by atoms with Crippen LogP contribution in [-0.4, -0.2) is 20.9 Å². The van der Waals surface area contributed by atoms with Gasteiger partial charge in [0, 0.05) is 11.0 Å². The smallest absolute Gasteiger partial charge is 0.327 e. The third-order valence-corrected chi connectivity index (χ3v) is 3.08. The molecule has 1 aromatic heterocycles. The van der Waals surface area contributed by atoms with Gasteiger partial charge in [-0.25, -0.2) is 18.4 Å². The van der Waals surface area contributed by atoms with Gasteiger partial charge >= 0.3 is 5.69 Å². The molecule has 2 aromatic rings. The number of hydrogen-bond acceptors (Lipinski definition) is 3. The molecule has 0 radical (unpaired) electrons. The standard InChI is InChI=1S/C12H12BrFN4O.ClH/c13-10-2-1-3-11(4-10)17-8-16-18(12(17)19)7-9(5-14)6-15;/h1-5,8H,6-7,15H2;1H/b9-5+;. The highest BCUT2D eigenvalue weighted by Gasteiger charge is 2.08. The quantitative estimate of drug-likeness (QED) is 0.904. The Kier molecular flexibility index (Phi) is 6.12. The molecule has 2 N–H and O–H groups in total. The molecule has 0 aliphatic rings. The fourth-order valence-corrected chi connectivity index (χ4v) is 1.97. The molecule has 0 amide bonds. The van der Waals surface area contributed by atoms with E-state index >= 15 is 0 Å². The molecule has 0 spiro atoms. The van der Waals surface area contributed by atoms with Crippen molar-refractivity contribution in [2.45, 2.75) is 6.54 Å². The zero-order valence-corrected chi connectivity index (χ0v) is 12.8. The lowest BCUT2D eigenvalue weighted by Gasteiger charge is -2.02. The van der Waals surface area contributed by atoms with Gasteiger partial charge in [-0.05, 0) is 23.8 Å². The van der Waals surface area contributed by atoms with Crippen LogP contribution in [-0.2, 0) is 6.54 Å². The monoisotopic (exact) mass is 362 g/mol. The Hall–Kier alpha value is -1.44. The molecule has 0 saturated heterocycles. The van der Waals surface area contributed by atoms with Crippen molar-refractivity contribution < 1.29 is 4.39 Å². The fraction of sp³-hybridized carbons (Fsp3) is 0.167. The number of nitrogens with two attached hydrogens (primary N) is 1. The molecule has 108 valence electrons. The number of halogens is 3. The molecule has 1 aromatic carbocycles. The van der Waals surface area contributed by atoms with Crippen molar-refractivity contribution in [3.8, 4) is 5.69 Å². The van der Waals surface area contributed by atoms with Gasteiger partial charge in [-0.1, -0.05) is 22.0 Å². The van der Waals surface area contributed by atoms with Gasteiger partial charge in [0.25, 0.3) is 0 Å². The molecular weight excluding hydrogens is 351 g/mol. The summed E-state index contributed by atoms with van der Waals surface area (Å²) in [6.07, 6.45) is 1.81. The molecule has 0 bridgehead atoms. The van der Waals surface area contributed by atoms with Crippen LogP contribution in [0.3, 0.4) is 0 Å². The Balaban J connectivity index is 0.00000200. The van der Waals surface area contributed by atoms with Crippen LogP contribution in [0.25, 0.3) is 5.69 Å². The third-order valence-electron chi connectivity index (χ3n) is 2.59. The lowest BCUT2D eigenvalue weighted by molar-refractivity contribution is 0.612. The minimum atomic E-state index is -0.342. The Morgan fingerprint density at radius 2 is 2.25 bits per heavy atom. The van der Waals surface area contributed by atoms with Crippen LogP contribution in [0.2, 0.25) is 0 Å². The highest BCUT2D eigenvalue weighted by molar-refractivity contribution is 9.10. The first-order valence-corrected chi connectivity index (χ1v) is 6.33. The number of rotatable bonds is 4. The second-order valence-electron chi connectivity index (χ2n) is 3.89. The van der Waals surface area contributed by atoms with Crippen LogP contribution in [0.15, 0.2) is 51.8 Å². The van der Waals surface area contributed by atoms with Crippen LogP contribution in [0.5, 0.6) is 0 Å². The first kappa shape index (κ1) is 16.6. The summed E-state index contributed by atoms with van der Waals surface area (Å²) >= 11 is 3.34. The molecule has 1 heterocycles. The second-order valence-corrected chi connectivity index (χ2v) is 4.81. The van der Waals surface area contributed by atoms with Crippen LogP contribution >= 0.6 is 28.3 Å². The molecule has 0 atom stereocenters. The molecule has 0 unspecified atom stereocenters. The molecule has 0 aliphatic heterocycles. The number of nitrogens with zero attached hydrogens (tertiary/aromatic N) is 3. The molecule has 5 nitrogen and oxygen atoms in total. The van der Waals surface area contributed by atoms with Gasteiger partial charge in [-0.3, -0.25) is 0 Å². The molecule has 0 fully saturated rings. The summed E-state index contributed by atoms with van der Waals surface area (Å²) in [5.41, 5.74) is 6.00. The first-order valence-electron chi connectivity index (χ1n) is 5.54. The summed E-state index contributed by atoms with van der Waals surface area (Å²) in [5, 5.41) is 3.95. The summed E-state index contributed by atoms with van der Waals surface area (Å²) in [5.74, 6) is 0. The van der Waals surface area contributed by atoms with Crippen LogP contribution in [0.4, 0.5) is 4.39 Å². The minimum absolute atomic E-state index is 0. The lowest BCUT2D eigenvalue weighted by atomic mass is 10.3. The zero-order valence-electron chi connectivity index (χ0n) is 10.4. The largest absolute Gasteiger partial charge is 0.350 e. The summed E-state index contributed by atoms with van der Waals surface area (Å²) in [6.45, 7) is 0.0967. The van der Waals surface area contributed by atoms with Crippen molar-refractivity contribution in [3.05, 3.63) is 57.5 Å². The van der Waals surface area contributed by atoms with Gasteiger partial charge in [0.05, 0.1) is 18.6 Å². The third kappa shape index (κ3) is 3.56. The maximum absolute atomic E-state index is 12.5. The van der Waals surface area contributed by atoms with E-state index in [-0.39, 0.29) is 31.2 Å². The van der Waals surface area contributed by atoms with E-state index in [0.29, 0.717) is 17.6 Å². The highest BCUT2D eigenvalue weighted by Crippen LogP contribution is 2.13. The van der Waals surface area contributed by atoms with Crippen LogP contribution < -0.4 is 11.4 Å². The van der Waals surface area contributed by atoms with Crippen molar-refractivity contribution in [2.24, 2.45) is 5.73 Å². The maximum atomic E-state index is 12.5. The van der Waals surface area contributed by atoms with Crippen LogP contribution in [0.1, 0.15) is 0 Å². The van der Waals surface area contributed by atoms with Gasteiger partial charge in [-0.2, -0.15) is 5.10 Å². The number of hydrogen-bond donors (Lipinski definition) is 1. The van der Waals surface area contributed by atoms with E-state index in [2.05, 4.69) is 21.0 Å². The predicted molar refractivity (Wildman–Crippen MR) is 81.0 cm³/mol. The highest BCUT2D eigenvalue weighted by atomic mass is 79.9. The second kappa shape index (κ2) is 7.37. The van der Waals surface area contributed by atoms with E-state index in [1.807, 2.05) is 12.1 Å². The summed E-state index contributed by atoms with van der Waals surface area (Å²) in [7, 11) is 0. The Morgan fingerprint density at radius 3 is 2.85 bits per heavy atom. The van der Waals surface area contributed by atoms with Crippen LogP contribution in [0, 0.1) is 0 Å². The maximum Gasteiger partial charge on any atom is 0.350 e. The van der Waals surface area contributed by atoms with E-state index in [9.17, 15) is 9.18 Å².